The van der Waals surface area contributed by atoms with Gasteiger partial charge >= 0.3 is 0 Å². The molecule has 0 saturated carbocycles. The molecule has 0 bridgehead atoms. The third kappa shape index (κ3) is 4.11. The summed E-state index contributed by atoms with van der Waals surface area (Å²) in [6.45, 7) is 4.53. The van der Waals surface area contributed by atoms with Crippen LogP contribution in [0, 0.1) is 9.49 Å². The standard InChI is InChI=1S/C13H20IN/c1-4-12(10(2)15-3)9-11-5-7-13(14)8-6-11/h5-8,10,12,15H,4,9H2,1-3H3. The van der Waals surface area contributed by atoms with E-state index in [4.69, 9.17) is 0 Å². The Morgan fingerprint density at radius 1 is 1.27 bits per heavy atom. The van der Waals surface area contributed by atoms with E-state index in [1.807, 2.05) is 7.05 Å². The molecule has 1 aromatic carbocycles. The smallest absolute Gasteiger partial charge is 0.0130 e. The largest absolute Gasteiger partial charge is 0.317 e. The van der Waals surface area contributed by atoms with Crippen molar-refractivity contribution in [1.29, 1.82) is 0 Å². The summed E-state index contributed by atoms with van der Waals surface area (Å²) in [5.41, 5.74) is 1.45. The number of hydrogen-bond acceptors (Lipinski definition) is 1. The molecule has 0 radical (unpaired) electrons. The van der Waals surface area contributed by atoms with Gasteiger partial charge in [-0.25, -0.2) is 0 Å². The molecule has 0 saturated heterocycles. The van der Waals surface area contributed by atoms with Gasteiger partial charge in [0.25, 0.3) is 0 Å². The topological polar surface area (TPSA) is 12.0 Å². The molecule has 0 aromatic heterocycles. The summed E-state index contributed by atoms with van der Waals surface area (Å²) in [6, 6.07) is 9.45. The van der Waals surface area contributed by atoms with Gasteiger partial charge in [-0.2, -0.15) is 0 Å². The Labute approximate surface area is 107 Å². The van der Waals surface area contributed by atoms with E-state index in [1.165, 1.54) is 22.0 Å². The lowest BCUT2D eigenvalue weighted by Crippen LogP contribution is -2.31. The second kappa shape index (κ2) is 6.48. The first-order valence-electron chi connectivity index (χ1n) is 5.59. The molecule has 0 aliphatic heterocycles. The van der Waals surface area contributed by atoms with Crippen LogP contribution in [-0.4, -0.2) is 13.1 Å². The highest BCUT2D eigenvalue weighted by Gasteiger charge is 2.13. The maximum atomic E-state index is 3.35. The molecule has 2 heteroatoms. The van der Waals surface area contributed by atoms with Gasteiger partial charge in [0.05, 0.1) is 0 Å². The molecule has 0 heterocycles. The molecule has 1 nitrogen and oxygen atoms in total. The molecule has 1 aromatic rings. The lowest BCUT2D eigenvalue weighted by Gasteiger charge is -2.22. The van der Waals surface area contributed by atoms with Gasteiger partial charge in [0, 0.05) is 9.61 Å². The lowest BCUT2D eigenvalue weighted by atomic mass is 9.91. The van der Waals surface area contributed by atoms with Crippen LogP contribution in [-0.2, 0) is 6.42 Å². The van der Waals surface area contributed by atoms with Gasteiger partial charge in [-0.15, -0.1) is 0 Å². The lowest BCUT2D eigenvalue weighted by molar-refractivity contribution is 0.381. The molecule has 0 aliphatic carbocycles. The molecule has 1 rings (SSSR count). The van der Waals surface area contributed by atoms with Gasteiger partial charge in [-0.05, 0) is 66.6 Å². The van der Waals surface area contributed by atoms with Crippen molar-refractivity contribution in [1.82, 2.24) is 5.32 Å². The SMILES string of the molecule is CCC(Cc1ccc(I)cc1)C(C)NC. The van der Waals surface area contributed by atoms with Crippen molar-refractivity contribution in [3.63, 3.8) is 0 Å². The molecule has 2 unspecified atom stereocenters. The minimum atomic E-state index is 0.592. The Bertz CT molecular complexity index is 281. The van der Waals surface area contributed by atoms with Gasteiger partial charge < -0.3 is 5.32 Å². The number of hydrogen-bond donors (Lipinski definition) is 1. The quantitative estimate of drug-likeness (QED) is 0.820. The fourth-order valence-electron chi connectivity index (χ4n) is 1.83. The average Bonchev–Trinajstić information content (AvgIpc) is 2.27. The highest BCUT2D eigenvalue weighted by Crippen LogP contribution is 2.17. The molecular weight excluding hydrogens is 297 g/mol. The Morgan fingerprint density at radius 3 is 2.33 bits per heavy atom. The first-order chi connectivity index (χ1) is 7.17. The van der Waals surface area contributed by atoms with E-state index >= 15 is 0 Å². The van der Waals surface area contributed by atoms with Gasteiger partial charge in [0.2, 0.25) is 0 Å². The fourth-order valence-corrected chi connectivity index (χ4v) is 2.19. The molecule has 0 aliphatic rings. The van der Waals surface area contributed by atoms with Crippen molar-refractivity contribution in [2.75, 3.05) is 7.05 Å². The molecule has 0 fully saturated rings. The Kier molecular flexibility index (Phi) is 5.61. The van der Waals surface area contributed by atoms with Crippen molar-refractivity contribution < 1.29 is 0 Å². The first-order valence-corrected chi connectivity index (χ1v) is 6.67. The van der Waals surface area contributed by atoms with Gasteiger partial charge in [0.15, 0.2) is 0 Å². The molecule has 0 amide bonds. The minimum Gasteiger partial charge on any atom is -0.317 e. The number of benzene rings is 1. The van der Waals surface area contributed by atoms with E-state index < -0.39 is 0 Å². The van der Waals surface area contributed by atoms with Crippen LogP contribution in [0.2, 0.25) is 0 Å². The van der Waals surface area contributed by atoms with Gasteiger partial charge in [-0.3, -0.25) is 0 Å². The van der Waals surface area contributed by atoms with Crippen LogP contribution in [0.1, 0.15) is 25.8 Å². The van der Waals surface area contributed by atoms with Crippen LogP contribution in [0.3, 0.4) is 0 Å². The Hall–Kier alpha value is -0.0900. The molecular formula is C13H20IN. The summed E-state index contributed by atoms with van der Waals surface area (Å²) >= 11 is 2.35. The van der Waals surface area contributed by atoms with Crippen LogP contribution >= 0.6 is 22.6 Å². The van der Waals surface area contributed by atoms with E-state index in [2.05, 4.69) is 66.0 Å². The predicted molar refractivity (Wildman–Crippen MR) is 75.2 cm³/mol. The highest BCUT2D eigenvalue weighted by molar-refractivity contribution is 14.1. The maximum Gasteiger partial charge on any atom is 0.0130 e. The van der Waals surface area contributed by atoms with Gasteiger partial charge in [0.1, 0.15) is 0 Å². The Morgan fingerprint density at radius 2 is 1.87 bits per heavy atom. The maximum absolute atomic E-state index is 3.35. The first kappa shape index (κ1) is 13.0. The summed E-state index contributed by atoms with van der Waals surface area (Å²) in [5, 5.41) is 3.35. The van der Waals surface area contributed by atoms with E-state index in [9.17, 15) is 0 Å². The van der Waals surface area contributed by atoms with E-state index in [1.54, 1.807) is 0 Å². The van der Waals surface area contributed by atoms with Gasteiger partial charge in [-0.1, -0.05) is 25.5 Å². The van der Waals surface area contributed by atoms with Crippen molar-refractivity contribution in [3.8, 4) is 0 Å². The molecule has 1 N–H and O–H groups in total. The average molecular weight is 317 g/mol. The molecule has 84 valence electrons. The minimum absolute atomic E-state index is 0.592. The predicted octanol–water partition coefficient (Wildman–Crippen LogP) is 3.47. The van der Waals surface area contributed by atoms with E-state index in [-0.39, 0.29) is 0 Å². The number of rotatable bonds is 5. The second-order valence-electron chi connectivity index (χ2n) is 4.08. The summed E-state index contributed by atoms with van der Waals surface area (Å²) < 4.78 is 1.31. The molecule has 2 atom stereocenters. The number of halogens is 1. The van der Waals surface area contributed by atoms with Crippen molar-refractivity contribution in [2.45, 2.75) is 32.7 Å². The van der Waals surface area contributed by atoms with Crippen molar-refractivity contribution in [2.24, 2.45) is 5.92 Å². The third-order valence-electron chi connectivity index (χ3n) is 3.10. The summed E-state index contributed by atoms with van der Waals surface area (Å²) in [7, 11) is 2.04. The van der Waals surface area contributed by atoms with Crippen LogP contribution in [0.15, 0.2) is 24.3 Å². The highest BCUT2D eigenvalue weighted by atomic mass is 127. The summed E-state index contributed by atoms with van der Waals surface area (Å²) in [5.74, 6) is 0.732. The van der Waals surface area contributed by atoms with E-state index in [0.717, 1.165) is 5.92 Å². The normalized spacial score (nSPS) is 14.9. The number of nitrogens with one attached hydrogen (secondary N) is 1. The van der Waals surface area contributed by atoms with Crippen LogP contribution in [0.4, 0.5) is 0 Å². The zero-order valence-corrected chi connectivity index (χ0v) is 11.9. The van der Waals surface area contributed by atoms with Crippen LogP contribution < -0.4 is 5.32 Å². The zero-order chi connectivity index (χ0) is 11.3. The third-order valence-corrected chi connectivity index (χ3v) is 3.82. The zero-order valence-electron chi connectivity index (χ0n) is 9.76. The summed E-state index contributed by atoms with van der Waals surface area (Å²) in [4.78, 5) is 0. The van der Waals surface area contributed by atoms with Crippen molar-refractivity contribution in [3.05, 3.63) is 33.4 Å². The van der Waals surface area contributed by atoms with E-state index in [0.29, 0.717) is 6.04 Å². The molecule has 15 heavy (non-hydrogen) atoms. The summed E-state index contributed by atoms with van der Waals surface area (Å²) in [6.07, 6.45) is 2.41. The second-order valence-corrected chi connectivity index (χ2v) is 5.32. The van der Waals surface area contributed by atoms with Crippen LogP contribution in [0.5, 0.6) is 0 Å². The fraction of sp³-hybridized carbons (Fsp3) is 0.538. The van der Waals surface area contributed by atoms with Crippen LogP contribution in [0.25, 0.3) is 0 Å². The Balaban J connectivity index is 2.62. The monoisotopic (exact) mass is 317 g/mol. The van der Waals surface area contributed by atoms with Crippen molar-refractivity contribution >= 4 is 22.6 Å². The molecule has 0 spiro atoms.